The molecule has 0 aliphatic heterocycles. The first-order valence-corrected chi connectivity index (χ1v) is 6.22. The molecule has 0 fully saturated rings. The van der Waals surface area contributed by atoms with Crippen molar-refractivity contribution < 1.29 is 9.15 Å². The van der Waals surface area contributed by atoms with Crippen molar-refractivity contribution in [2.75, 3.05) is 7.11 Å². The van der Waals surface area contributed by atoms with Crippen LogP contribution < -0.4 is 0 Å². The normalized spacial score (nSPS) is 10.9. The Hall–Kier alpha value is -1.77. The maximum absolute atomic E-state index is 5.27. The summed E-state index contributed by atoms with van der Waals surface area (Å²) in [5.74, 6) is 1.41. The van der Waals surface area contributed by atoms with Gasteiger partial charge in [0.05, 0.1) is 13.3 Å². The molecule has 0 spiro atoms. The van der Waals surface area contributed by atoms with Crippen molar-refractivity contribution in [1.29, 1.82) is 0 Å². The number of methoxy groups -OCH3 is 1. The third kappa shape index (κ3) is 4.24. The van der Waals surface area contributed by atoms with E-state index in [0.717, 1.165) is 29.7 Å². The summed E-state index contributed by atoms with van der Waals surface area (Å²) in [6, 6.07) is 0. The first-order chi connectivity index (χ1) is 8.74. The summed E-state index contributed by atoms with van der Waals surface area (Å²) in [5, 5.41) is 0. The molecule has 1 aromatic rings. The van der Waals surface area contributed by atoms with Crippen LogP contribution in [0, 0.1) is 0 Å². The van der Waals surface area contributed by atoms with Crippen molar-refractivity contribution >= 4 is 5.57 Å². The number of nitrogens with zero attached hydrogens (tertiary/aromatic N) is 1. The monoisotopic (exact) mass is 249 g/mol. The molecule has 0 amide bonds. The average molecular weight is 249 g/mol. The van der Waals surface area contributed by atoms with Crippen LogP contribution in [-0.2, 0) is 4.74 Å². The summed E-state index contributed by atoms with van der Waals surface area (Å²) in [4.78, 5) is 3.88. The highest BCUT2D eigenvalue weighted by molar-refractivity contribution is 5.75. The molecule has 1 heterocycles. The Morgan fingerprint density at radius 1 is 1.50 bits per heavy atom. The van der Waals surface area contributed by atoms with Gasteiger partial charge in [0.2, 0.25) is 0 Å². The quantitative estimate of drug-likeness (QED) is 0.546. The van der Waals surface area contributed by atoms with Crippen molar-refractivity contribution in [1.82, 2.24) is 4.98 Å². The van der Waals surface area contributed by atoms with Crippen LogP contribution in [0.5, 0.6) is 0 Å². The van der Waals surface area contributed by atoms with Crippen LogP contribution in [-0.4, -0.2) is 12.1 Å². The number of hydrogen-bond acceptors (Lipinski definition) is 3. The third-order valence-electron chi connectivity index (χ3n) is 2.30. The predicted octanol–water partition coefficient (Wildman–Crippen LogP) is 4.60. The van der Waals surface area contributed by atoms with E-state index in [-0.39, 0.29) is 0 Å². The van der Waals surface area contributed by atoms with Gasteiger partial charge in [0, 0.05) is 11.1 Å². The second-order valence-electron chi connectivity index (χ2n) is 3.35. The number of hydrogen-bond donors (Lipinski definition) is 0. The molecule has 0 aliphatic rings. The molecule has 0 bridgehead atoms. The van der Waals surface area contributed by atoms with Crippen LogP contribution in [0.25, 0.3) is 5.57 Å². The molecule has 0 N–H and O–H groups in total. The molecular formula is C15H23NO2. The van der Waals surface area contributed by atoms with Gasteiger partial charge in [0.15, 0.2) is 12.2 Å². The molecule has 3 nitrogen and oxygen atoms in total. The lowest BCUT2D eigenvalue weighted by molar-refractivity contribution is 0.302. The lowest BCUT2D eigenvalue weighted by Crippen LogP contribution is -1.95. The Balaban J connectivity index is 0.00000137. The number of aromatic nitrogens is 1. The number of allylic oxidation sites excluding steroid dienone is 3. The molecule has 0 radical (unpaired) electrons. The molecule has 3 heteroatoms. The summed E-state index contributed by atoms with van der Waals surface area (Å²) in [7, 11) is 1.63. The summed E-state index contributed by atoms with van der Waals surface area (Å²) in [6.45, 7) is 13.8. The van der Waals surface area contributed by atoms with Crippen molar-refractivity contribution in [3.63, 3.8) is 0 Å². The maximum Gasteiger partial charge on any atom is 0.181 e. The Kier molecular flexibility index (Phi) is 8.37. The van der Waals surface area contributed by atoms with Crippen molar-refractivity contribution in [2.24, 2.45) is 0 Å². The first kappa shape index (κ1) is 16.2. The van der Waals surface area contributed by atoms with E-state index in [1.165, 1.54) is 6.39 Å². The van der Waals surface area contributed by atoms with E-state index in [1.54, 1.807) is 19.4 Å². The van der Waals surface area contributed by atoms with Gasteiger partial charge in [-0.2, -0.15) is 0 Å². The Labute approximate surface area is 110 Å². The van der Waals surface area contributed by atoms with Gasteiger partial charge < -0.3 is 9.15 Å². The molecule has 18 heavy (non-hydrogen) atoms. The second-order valence-corrected chi connectivity index (χ2v) is 3.35. The van der Waals surface area contributed by atoms with Gasteiger partial charge in [0.25, 0.3) is 0 Å². The van der Waals surface area contributed by atoms with Gasteiger partial charge in [-0.3, -0.25) is 0 Å². The van der Waals surface area contributed by atoms with Gasteiger partial charge in [-0.25, -0.2) is 4.98 Å². The summed E-state index contributed by atoms with van der Waals surface area (Å²) in [5.41, 5.74) is 1.81. The van der Waals surface area contributed by atoms with Gasteiger partial charge in [0.1, 0.15) is 5.76 Å². The zero-order valence-corrected chi connectivity index (χ0v) is 11.8. The van der Waals surface area contributed by atoms with Crippen LogP contribution in [0.15, 0.2) is 47.6 Å². The smallest absolute Gasteiger partial charge is 0.181 e. The minimum Gasteiger partial charge on any atom is -0.496 e. The topological polar surface area (TPSA) is 35.3 Å². The first-order valence-electron chi connectivity index (χ1n) is 6.22. The predicted molar refractivity (Wildman–Crippen MR) is 76.0 cm³/mol. The Morgan fingerprint density at radius 2 is 2.17 bits per heavy atom. The van der Waals surface area contributed by atoms with Crippen molar-refractivity contribution in [3.8, 4) is 0 Å². The fourth-order valence-electron chi connectivity index (χ4n) is 1.52. The van der Waals surface area contributed by atoms with Crippen LogP contribution in [0.4, 0.5) is 0 Å². The van der Waals surface area contributed by atoms with E-state index in [0.29, 0.717) is 5.76 Å². The lowest BCUT2D eigenvalue weighted by Gasteiger charge is -2.11. The van der Waals surface area contributed by atoms with Gasteiger partial charge in [-0.05, 0) is 12.5 Å². The molecule has 1 rings (SSSR count). The zero-order chi connectivity index (χ0) is 14.0. The highest BCUT2D eigenvalue weighted by atomic mass is 16.5. The molecular weight excluding hydrogens is 226 g/mol. The minimum atomic E-state index is 0.667. The molecule has 100 valence electrons. The molecule has 0 aromatic carbocycles. The minimum absolute atomic E-state index is 0.667. The van der Waals surface area contributed by atoms with E-state index in [1.807, 2.05) is 13.8 Å². The average Bonchev–Trinajstić information content (AvgIpc) is 2.94. The van der Waals surface area contributed by atoms with Gasteiger partial charge in [-0.15, -0.1) is 0 Å². The lowest BCUT2D eigenvalue weighted by atomic mass is 9.99. The summed E-state index contributed by atoms with van der Waals surface area (Å²) < 4.78 is 10.5. The zero-order valence-electron chi connectivity index (χ0n) is 11.8. The van der Waals surface area contributed by atoms with Crippen LogP contribution >= 0.6 is 0 Å². The fraction of sp³-hybridized carbons (Fsp3) is 0.400. The highest BCUT2D eigenvalue weighted by Gasteiger charge is 2.12. The van der Waals surface area contributed by atoms with Crippen LogP contribution in [0.1, 0.15) is 39.4 Å². The highest BCUT2D eigenvalue weighted by Crippen LogP contribution is 2.28. The second kappa shape index (κ2) is 9.28. The molecule has 0 saturated carbocycles. The van der Waals surface area contributed by atoms with E-state index in [2.05, 4.69) is 25.1 Å². The summed E-state index contributed by atoms with van der Waals surface area (Å²) in [6.07, 6.45) is 6.60. The molecule has 0 unspecified atom stereocenters. The van der Waals surface area contributed by atoms with Crippen molar-refractivity contribution in [3.05, 3.63) is 48.9 Å². The number of ether oxygens (including phenoxy) is 1. The van der Waals surface area contributed by atoms with E-state index >= 15 is 0 Å². The van der Waals surface area contributed by atoms with Gasteiger partial charge in [-0.1, -0.05) is 40.3 Å². The standard InChI is InChI=1S/C13H17NO2.C2H6/c1-5-7-11(12(6-2)15-4)10(3)13-8-14-9-16-13;1-2/h6,8-9H,2-3,5,7H2,1,4H3;1-2H3/b12-11+;. The fourth-order valence-corrected chi connectivity index (χ4v) is 1.52. The van der Waals surface area contributed by atoms with E-state index in [4.69, 9.17) is 9.15 Å². The van der Waals surface area contributed by atoms with E-state index in [9.17, 15) is 0 Å². The van der Waals surface area contributed by atoms with Gasteiger partial charge >= 0.3 is 0 Å². The Morgan fingerprint density at radius 3 is 2.56 bits per heavy atom. The SMILES string of the molecule is C=C/C(OC)=C(/CCC)C(=C)c1cnco1.CC. The van der Waals surface area contributed by atoms with Crippen LogP contribution in [0.3, 0.4) is 0 Å². The maximum atomic E-state index is 5.27. The van der Waals surface area contributed by atoms with Crippen LogP contribution in [0.2, 0.25) is 0 Å². The molecule has 0 atom stereocenters. The largest absolute Gasteiger partial charge is 0.496 e. The third-order valence-corrected chi connectivity index (χ3v) is 2.30. The molecule has 0 aliphatic carbocycles. The Bertz CT molecular complexity index is 389. The van der Waals surface area contributed by atoms with E-state index < -0.39 is 0 Å². The number of oxazole rings is 1. The number of rotatable bonds is 6. The molecule has 0 saturated heterocycles. The van der Waals surface area contributed by atoms with Crippen molar-refractivity contribution in [2.45, 2.75) is 33.6 Å². The molecule has 1 aromatic heterocycles. The summed E-state index contributed by atoms with van der Waals surface area (Å²) >= 11 is 0.